The van der Waals surface area contributed by atoms with Gasteiger partial charge in [0.1, 0.15) is 23.9 Å². The second-order valence-corrected chi connectivity index (χ2v) is 8.04. The largest absolute Gasteiger partial charge is 0.409 e. The van der Waals surface area contributed by atoms with E-state index in [-0.39, 0.29) is 10.9 Å². The second kappa shape index (κ2) is 7.39. The predicted molar refractivity (Wildman–Crippen MR) is 107 cm³/mol. The summed E-state index contributed by atoms with van der Waals surface area (Å²) >= 11 is 12.0. The maximum absolute atomic E-state index is 11.1. The molecular weight excluding hydrogens is 421 g/mol. The topological polar surface area (TPSA) is 120 Å². The van der Waals surface area contributed by atoms with Gasteiger partial charge in [-0.05, 0) is 30.7 Å². The molecule has 1 aromatic heterocycles. The maximum atomic E-state index is 11.1. The molecule has 10 heteroatoms. The van der Waals surface area contributed by atoms with E-state index in [0.29, 0.717) is 28.3 Å². The molecule has 154 valence electrons. The Morgan fingerprint density at radius 2 is 1.97 bits per heavy atom. The maximum Gasteiger partial charge on any atom is 0.199 e. The van der Waals surface area contributed by atoms with Gasteiger partial charge in [-0.3, -0.25) is 0 Å². The summed E-state index contributed by atoms with van der Waals surface area (Å²) in [5, 5.41) is 45.3. The van der Waals surface area contributed by atoms with E-state index in [1.165, 1.54) is 13.0 Å². The number of ether oxygens (including phenoxy) is 1. The normalized spacial score (nSPS) is 29.8. The van der Waals surface area contributed by atoms with Gasteiger partial charge in [-0.15, -0.1) is 0 Å². The van der Waals surface area contributed by atoms with Crippen molar-refractivity contribution in [3.05, 3.63) is 57.3 Å². The lowest BCUT2D eigenvalue weighted by Crippen LogP contribution is -2.45. The lowest BCUT2D eigenvalue weighted by Gasteiger charge is -2.32. The number of amidine groups is 1. The molecule has 0 amide bonds. The van der Waals surface area contributed by atoms with Crippen LogP contribution in [0.1, 0.15) is 30.0 Å². The van der Waals surface area contributed by atoms with Crippen LogP contribution in [-0.2, 0) is 16.8 Å². The first kappa shape index (κ1) is 20.3. The molecule has 0 radical (unpaired) electrons. The Kier molecular flexibility index (Phi) is 5.18. The molecule has 0 bridgehead atoms. The van der Waals surface area contributed by atoms with Crippen molar-refractivity contribution in [1.29, 1.82) is 0 Å². The van der Waals surface area contributed by atoms with E-state index >= 15 is 0 Å². The highest BCUT2D eigenvalue weighted by atomic mass is 35.5. The molecule has 2 aromatic rings. The number of halogens is 2. The Balaban J connectivity index is 1.67. The van der Waals surface area contributed by atoms with Crippen molar-refractivity contribution in [2.24, 2.45) is 10.1 Å². The monoisotopic (exact) mass is 439 g/mol. The third kappa shape index (κ3) is 3.26. The minimum atomic E-state index is -1.66. The highest BCUT2D eigenvalue weighted by Crippen LogP contribution is 2.41. The predicted octanol–water partition coefficient (Wildman–Crippen LogP) is 2.08. The summed E-state index contributed by atoms with van der Waals surface area (Å²) < 4.78 is 7.59. The molecule has 1 saturated heterocycles. The van der Waals surface area contributed by atoms with Crippen LogP contribution in [0.4, 0.5) is 0 Å². The Labute approximate surface area is 176 Å². The van der Waals surface area contributed by atoms with E-state index in [1.54, 1.807) is 35.2 Å². The number of benzene rings is 1. The van der Waals surface area contributed by atoms with Crippen LogP contribution in [0.15, 0.2) is 40.6 Å². The van der Waals surface area contributed by atoms with Crippen molar-refractivity contribution in [1.82, 2.24) is 4.57 Å². The van der Waals surface area contributed by atoms with Gasteiger partial charge in [-0.1, -0.05) is 34.4 Å². The average molecular weight is 440 g/mol. The van der Waals surface area contributed by atoms with E-state index in [2.05, 4.69) is 10.1 Å². The number of oxime groups is 1. The second-order valence-electron chi connectivity index (χ2n) is 7.23. The molecule has 1 aromatic carbocycles. The molecule has 29 heavy (non-hydrogen) atoms. The van der Waals surface area contributed by atoms with Crippen LogP contribution in [0.25, 0.3) is 0 Å². The molecule has 5 atom stereocenters. The summed E-state index contributed by atoms with van der Waals surface area (Å²) in [6.45, 7) is 1.48. The summed E-state index contributed by atoms with van der Waals surface area (Å²) in [6, 6.07) is 6.31. The van der Waals surface area contributed by atoms with Gasteiger partial charge in [-0.2, -0.15) is 0 Å². The molecule has 4 rings (SSSR count). The number of rotatable bonds is 3. The number of hydrogen-bond donors (Lipinski definition) is 4. The van der Waals surface area contributed by atoms with E-state index in [9.17, 15) is 15.3 Å². The van der Waals surface area contributed by atoms with Crippen LogP contribution in [-0.4, -0.2) is 55.5 Å². The van der Waals surface area contributed by atoms with Gasteiger partial charge < -0.3 is 29.8 Å². The summed E-state index contributed by atoms with van der Waals surface area (Å²) in [7, 11) is 0. The van der Waals surface area contributed by atoms with Crippen molar-refractivity contribution in [3.63, 3.8) is 0 Å². The van der Waals surface area contributed by atoms with Crippen LogP contribution < -0.4 is 0 Å². The highest BCUT2D eigenvalue weighted by molar-refractivity contribution is 6.42. The minimum absolute atomic E-state index is 0.150. The van der Waals surface area contributed by atoms with Gasteiger partial charge in [-0.25, -0.2) is 4.99 Å². The van der Waals surface area contributed by atoms with Crippen molar-refractivity contribution in [2.75, 3.05) is 0 Å². The number of hydrogen-bond acceptors (Lipinski definition) is 6. The molecule has 0 unspecified atom stereocenters. The fourth-order valence-corrected chi connectivity index (χ4v) is 4.13. The van der Waals surface area contributed by atoms with Gasteiger partial charge in [0, 0.05) is 30.1 Å². The SMILES string of the molecule is C[C@@](O)(c1ccc(Cl)c(Cl)c1)[C@H]1O[C@@H](n2ccc3c2CC=N/C3=N\O)[C@H](O)[C@@H]1O. The van der Waals surface area contributed by atoms with Gasteiger partial charge in [0.2, 0.25) is 0 Å². The number of nitrogens with zero attached hydrogens (tertiary/aromatic N) is 3. The third-order valence-corrected chi connectivity index (χ3v) is 6.17. The molecule has 4 N–H and O–H groups in total. The third-order valence-electron chi connectivity index (χ3n) is 5.43. The van der Waals surface area contributed by atoms with Crippen LogP contribution in [0.5, 0.6) is 0 Å². The zero-order valence-electron chi connectivity index (χ0n) is 15.3. The summed E-state index contributed by atoms with van der Waals surface area (Å²) in [4.78, 5) is 4.02. The zero-order chi connectivity index (χ0) is 20.9. The summed E-state index contributed by atoms with van der Waals surface area (Å²) in [5.41, 5.74) is 0.0366. The first-order valence-corrected chi connectivity index (χ1v) is 9.65. The Morgan fingerprint density at radius 1 is 1.21 bits per heavy atom. The van der Waals surface area contributed by atoms with Crippen molar-refractivity contribution in [3.8, 4) is 0 Å². The lowest BCUT2D eigenvalue weighted by atomic mass is 9.87. The standard InChI is InChI=1S/C19H19Cl2N3O5/c1-19(27,9-2-3-11(20)12(21)8-9)16-14(25)15(26)18(29-16)24-7-5-10-13(24)4-6-22-17(10)23-28/h2-3,5-8,14-16,18,25-28H,4H2,1H3/b23-17-/t14-,15+,16-,18+,19+/m0/s1. The quantitative estimate of drug-likeness (QED) is 0.431. The molecule has 1 fully saturated rings. The molecule has 0 saturated carbocycles. The summed E-state index contributed by atoms with van der Waals surface area (Å²) in [6.07, 6.45) is -1.11. The molecular formula is C19H19Cl2N3O5. The molecule has 2 aliphatic rings. The van der Waals surface area contributed by atoms with E-state index in [4.69, 9.17) is 33.1 Å². The fourth-order valence-electron chi connectivity index (χ4n) is 3.83. The first-order chi connectivity index (χ1) is 13.8. The van der Waals surface area contributed by atoms with E-state index in [0.717, 1.165) is 0 Å². The molecule has 3 heterocycles. The highest BCUT2D eigenvalue weighted by Gasteiger charge is 2.52. The van der Waals surface area contributed by atoms with Gasteiger partial charge in [0.25, 0.3) is 0 Å². The van der Waals surface area contributed by atoms with Gasteiger partial charge in [0.05, 0.1) is 10.0 Å². The number of fused-ring (bicyclic) bond motifs is 1. The lowest BCUT2D eigenvalue weighted by molar-refractivity contribution is -0.136. The van der Waals surface area contributed by atoms with Crippen LogP contribution >= 0.6 is 23.2 Å². The average Bonchev–Trinajstić information content (AvgIpc) is 3.25. The van der Waals surface area contributed by atoms with Crippen LogP contribution in [0, 0.1) is 0 Å². The zero-order valence-corrected chi connectivity index (χ0v) is 16.8. The van der Waals surface area contributed by atoms with Crippen LogP contribution in [0.2, 0.25) is 10.0 Å². The summed E-state index contributed by atoms with van der Waals surface area (Å²) in [5.74, 6) is 0.150. The van der Waals surface area contributed by atoms with Gasteiger partial charge >= 0.3 is 0 Å². The fraction of sp³-hybridized carbons (Fsp3) is 0.368. The molecule has 8 nitrogen and oxygen atoms in total. The minimum Gasteiger partial charge on any atom is -0.409 e. The first-order valence-electron chi connectivity index (χ1n) is 8.90. The number of aliphatic hydroxyl groups is 3. The molecule has 0 spiro atoms. The van der Waals surface area contributed by atoms with Crippen molar-refractivity contribution >= 4 is 35.3 Å². The Bertz CT molecular complexity index is 1000. The molecule has 2 aliphatic heterocycles. The number of aromatic nitrogens is 1. The van der Waals surface area contributed by atoms with Crippen molar-refractivity contribution < 1.29 is 25.3 Å². The van der Waals surface area contributed by atoms with Gasteiger partial charge in [0.15, 0.2) is 12.1 Å². The van der Waals surface area contributed by atoms with E-state index < -0.39 is 30.1 Å². The van der Waals surface area contributed by atoms with Crippen LogP contribution in [0.3, 0.4) is 0 Å². The Morgan fingerprint density at radius 3 is 2.66 bits per heavy atom. The Hall–Kier alpha value is -1.94. The number of aliphatic imine (C=N–C) groups is 1. The van der Waals surface area contributed by atoms with E-state index in [1.807, 2.05) is 0 Å². The number of aliphatic hydroxyl groups excluding tert-OH is 2. The van der Waals surface area contributed by atoms with Crippen molar-refractivity contribution in [2.45, 2.75) is 43.5 Å². The molecule has 0 aliphatic carbocycles. The smallest absolute Gasteiger partial charge is 0.199 e.